The van der Waals surface area contributed by atoms with Crippen molar-refractivity contribution in [2.24, 2.45) is 17.7 Å². The number of nitrogens with zero attached hydrogens (tertiary/aromatic N) is 1. The fraction of sp³-hybridized carbons (Fsp3) is 0.500. The van der Waals surface area contributed by atoms with E-state index in [4.69, 9.17) is 5.84 Å². The monoisotopic (exact) mass is 283 g/mol. The smallest absolute Gasteiger partial charge is 0.0667 e. The maximum absolute atomic E-state index is 5.90. The molecule has 0 saturated heterocycles. The number of hydrogen-bond acceptors (Lipinski definition) is 3. The van der Waals surface area contributed by atoms with Gasteiger partial charge in [-0.2, -0.15) is 0 Å². The van der Waals surface area contributed by atoms with E-state index in [1.54, 1.807) is 0 Å². The van der Waals surface area contributed by atoms with Crippen LogP contribution < -0.4 is 11.3 Å². The number of aromatic nitrogens is 1. The zero-order chi connectivity index (χ0) is 14.7. The molecule has 0 bridgehead atoms. The highest BCUT2D eigenvalue weighted by Gasteiger charge is 2.29. The Hall–Kier alpha value is -1.45. The molecule has 3 nitrogen and oxygen atoms in total. The van der Waals surface area contributed by atoms with Gasteiger partial charge >= 0.3 is 0 Å². The third kappa shape index (κ3) is 2.94. The molecular formula is C18H25N3. The fourth-order valence-corrected chi connectivity index (χ4v) is 3.76. The minimum absolute atomic E-state index is 0.161. The van der Waals surface area contributed by atoms with Gasteiger partial charge in [-0.25, -0.2) is 0 Å². The van der Waals surface area contributed by atoms with E-state index in [0.29, 0.717) is 5.92 Å². The van der Waals surface area contributed by atoms with Crippen LogP contribution in [-0.2, 0) is 0 Å². The van der Waals surface area contributed by atoms with Gasteiger partial charge in [-0.3, -0.25) is 16.3 Å². The molecule has 0 amide bonds. The molecule has 0 radical (unpaired) electrons. The van der Waals surface area contributed by atoms with Gasteiger partial charge in [0.25, 0.3) is 0 Å². The van der Waals surface area contributed by atoms with Crippen molar-refractivity contribution in [3.8, 4) is 0 Å². The number of benzene rings is 1. The van der Waals surface area contributed by atoms with Crippen molar-refractivity contribution in [1.82, 2.24) is 10.4 Å². The normalized spacial score (nSPS) is 24.1. The van der Waals surface area contributed by atoms with Crippen LogP contribution in [0.2, 0.25) is 0 Å². The van der Waals surface area contributed by atoms with Crippen LogP contribution in [0, 0.1) is 11.8 Å². The fourth-order valence-electron chi connectivity index (χ4n) is 3.76. The number of hydrogen-bond donors (Lipinski definition) is 2. The van der Waals surface area contributed by atoms with Gasteiger partial charge in [0.1, 0.15) is 0 Å². The summed E-state index contributed by atoms with van der Waals surface area (Å²) in [5, 5.41) is 2.46. The minimum atomic E-state index is 0.161. The summed E-state index contributed by atoms with van der Waals surface area (Å²) < 4.78 is 0. The summed E-state index contributed by atoms with van der Waals surface area (Å²) in [5.41, 5.74) is 4.16. The Morgan fingerprint density at radius 3 is 2.67 bits per heavy atom. The summed E-state index contributed by atoms with van der Waals surface area (Å²) in [6, 6.07) is 10.7. The summed E-state index contributed by atoms with van der Waals surface area (Å²) in [7, 11) is 0. The summed E-state index contributed by atoms with van der Waals surface area (Å²) in [5.74, 6) is 7.40. The molecule has 112 valence electrons. The average molecular weight is 283 g/mol. The van der Waals surface area contributed by atoms with E-state index in [0.717, 1.165) is 11.6 Å². The molecule has 1 heterocycles. The SMILES string of the molecule is CCC1CCC(C(NN)c2nccc3ccccc23)CC1. The van der Waals surface area contributed by atoms with Crippen LogP contribution in [0.1, 0.15) is 50.8 Å². The standard InChI is InChI=1S/C18H25N3/c1-2-13-7-9-15(10-8-13)17(21-19)18-16-6-4-3-5-14(16)11-12-20-18/h3-6,11-13,15,17,21H,2,7-10,19H2,1H3. The predicted molar refractivity (Wildman–Crippen MR) is 87.5 cm³/mol. The van der Waals surface area contributed by atoms with Gasteiger partial charge in [0, 0.05) is 11.6 Å². The molecule has 1 aromatic carbocycles. The molecule has 1 saturated carbocycles. The minimum Gasteiger partial charge on any atom is -0.271 e. The zero-order valence-electron chi connectivity index (χ0n) is 12.8. The van der Waals surface area contributed by atoms with Gasteiger partial charge in [0.15, 0.2) is 0 Å². The van der Waals surface area contributed by atoms with Gasteiger partial charge in [0.2, 0.25) is 0 Å². The summed E-state index contributed by atoms with van der Waals surface area (Å²) in [6.45, 7) is 2.30. The summed E-state index contributed by atoms with van der Waals surface area (Å²) in [4.78, 5) is 4.65. The zero-order valence-corrected chi connectivity index (χ0v) is 12.8. The largest absolute Gasteiger partial charge is 0.271 e. The van der Waals surface area contributed by atoms with E-state index in [9.17, 15) is 0 Å². The van der Waals surface area contributed by atoms with Crippen molar-refractivity contribution in [2.75, 3.05) is 0 Å². The number of fused-ring (bicyclic) bond motifs is 1. The van der Waals surface area contributed by atoms with Crippen molar-refractivity contribution >= 4 is 10.8 Å². The molecule has 1 aliphatic rings. The van der Waals surface area contributed by atoms with Gasteiger partial charge in [-0.1, -0.05) is 50.5 Å². The Morgan fingerprint density at radius 1 is 1.19 bits per heavy atom. The molecule has 1 unspecified atom stereocenters. The second-order valence-corrected chi connectivity index (χ2v) is 6.25. The molecule has 21 heavy (non-hydrogen) atoms. The highest BCUT2D eigenvalue weighted by atomic mass is 15.2. The first-order valence-electron chi connectivity index (χ1n) is 8.13. The van der Waals surface area contributed by atoms with Gasteiger partial charge < -0.3 is 0 Å². The molecule has 0 aliphatic heterocycles. The molecule has 2 aromatic rings. The lowest BCUT2D eigenvalue weighted by atomic mass is 9.76. The Bertz CT molecular complexity index is 583. The second-order valence-electron chi connectivity index (χ2n) is 6.25. The van der Waals surface area contributed by atoms with Crippen molar-refractivity contribution in [3.63, 3.8) is 0 Å². The first kappa shape index (κ1) is 14.5. The maximum atomic E-state index is 5.90. The van der Waals surface area contributed by atoms with Crippen LogP contribution in [0.5, 0.6) is 0 Å². The molecule has 1 atom stereocenters. The van der Waals surface area contributed by atoms with Crippen molar-refractivity contribution in [3.05, 3.63) is 42.2 Å². The third-order valence-corrected chi connectivity index (χ3v) is 5.12. The topological polar surface area (TPSA) is 50.9 Å². The molecule has 1 aliphatic carbocycles. The van der Waals surface area contributed by atoms with E-state index in [1.165, 1.54) is 42.9 Å². The molecule has 0 spiro atoms. The van der Waals surface area contributed by atoms with E-state index in [-0.39, 0.29) is 6.04 Å². The van der Waals surface area contributed by atoms with Crippen LogP contribution >= 0.6 is 0 Å². The highest BCUT2D eigenvalue weighted by molar-refractivity contribution is 5.84. The molecule has 1 fully saturated rings. The molecule has 3 heteroatoms. The van der Waals surface area contributed by atoms with Crippen molar-refractivity contribution in [1.29, 1.82) is 0 Å². The lowest BCUT2D eigenvalue weighted by Crippen LogP contribution is -2.36. The molecular weight excluding hydrogens is 258 g/mol. The van der Waals surface area contributed by atoms with Crippen LogP contribution in [-0.4, -0.2) is 4.98 Å². The van der Waals surface area contributed by atoms with Crippen LogP contribution in [0.15, 0.2) is 36.5 Å². The van der Waals surface area contributed by atoms with Crippen molar-refractivity contribution < 1.29 is 0 Å². The Kier molecular flexibility index (Phi) is 4.51. The van der Waals surface area contributed by atoms with Gasteiger partial charge in [-0.15, -0.1) is 0 Å². The predicted octanol–water partition coefficient (Wildman–Crippen LogP) is 3.96. The first-order valence-corrected chi connectivity index (χ1v) is 8.13. The number of nitrogens with one attached hydrogen (secondary N) is 1. The quantitative estimate of drug-likeness (QED) is 0.659. The Labute approximate surface area is 126 Å². The second kappa shape index (κ2) is 6.54. The average Bonchev–Trinajstić information content (AvgIpc) is 2.56. The van der Waals surface area contributed by atoms with Crippen LogP contribution in [0.3, 0.4) is 0 Å². The summed E-state index contributed by atoms with van der Waals surface area (Å²) >= 11 is 0. The molecule has 1 aromatic heterocycles. The maximum Gasteiger partial charge on any atom is 0.0667 e. The van der Waals surface area contributed by atoms with E-state index < -0.39 is 0 Å². The molecule has 3 N–H and O–H groups in total. The van der Waals surface area contributed by atoms with Gasteiger partial charge in [-0.05, 0) is 36.1 Å². The molecule has 3 rings (SSSR count). The van der Waals surface area contributed by atoms with Gasteiger partial charge in [0.05, 0.1) is 11.7 Å². The highest BCUT2D eigenvalue weighted by Crippen LogP contribution is 2.38. The van der Waals surface area contributed by atoms with Crippen LogP contribution in [0.25, 0.3) is 10.8 Å². The number of pyridine rings is 1. The number of hydrazine groups is 1. The van der Waals surface area contributed by atoms with Crippen molar-refractivity contribution in [2.45, 2.75) is 45.1 Å². The first-order chi connectivity index (χ1) is 10.3. The third-order valence-electron chi connectivity index (χ3n) is 5.12. The van der Waals surface area contributed by atoms with E-state index >= 15 is 0 Å². The lowest BCUT2D eigenvalue weighted by Gasteiger charge is -2.33. The number of rotatable bonds is 4. The van der Waals surface area contributed by atoms with E-state index in [1.807, 2.05) is 6.20 Å². The summed E-state index contributed by atoms with van der Waals surface area (Å²) in [6.07, 6.45) is 8.35. The van der Waals surface area contributed by atoms with E-state index in [2.05, 4.69) is 47.7 Å². The lowest BCUT2D eigenvalue weighted by molar-refractivity contribution is 0.218. The van der Waals surface area contributed by atoms with Crippen LogP contribution in [0.4, 0.5) is 0 Å². The Morgan fingerprint density at radius 2 is 1.95 bits per heavy atom. The Balaban J connectivity index is 1.88. The number of nitrogens with two attached hydrogens (primary N) is 1.